The molecule has 1 N–H and O–H groups in total. The largest absolute Gasteiger partial charge is 0.325 e. The van der Waals surface area contributed by atoms with E-state index < -0.39 is 0 Å². The second-order valence-corrected chi connectivity index (χ2v) is 7.26. The molecule has 0 aliphatic heterocycles. The van der Waals surface area contributed by atoms with Crippen LogP contribution in [0.25, 0.3) is 21.5 Å². The number of nitrogens with zero attached hydrogens (tertiary/aromatic N) is 2. The fourth-order valence-electron chi connectivity index (χ4n) is 4.21. The number of nitrogens with one attached hydrogen (secondary N) is 1. The third-order valence-corrected chi connectivity index (χ3v) is 5.51. The van der Waals surface area contributed by atoms with Crippen LogP contribution in [0.15, 0.2) is 59.4 Å². The molecule has 4 aromatic rings. The molecule has 0 spiro atoms. The summed E-state index contributed by atoms with van der Waals surface area (Å²) in [7, 11) is 1.61. The SMILES string of the molecule is Cn1nc(CC(=O)Nc2ccc3c4c(cccc24)CC3)c2ccccc2c1=O. The van der Waals surface area contributed by atoms with Gasteiger partial charge in [-0.05, 0) is 41.5 Å². The third-order valence-electron chi connectivity index (χ3n) is 5.51. The Labute approximate surface area is 161 Å². The van der Waals surface area contributed by atoms with Crippen molar-refractivity contribution in [3.8, 4) is 0 Å². The highest BCUT2D eigenvalue weighted by molar-refractivity contribution is 6.05. The quantitative estimate of drug-likeness (QED) is 0.602. The van der Waals surface area contributed by atoms with E-state index in [-0.39, 0.29) is 17.9 Å². The number of hydrogen-bond acceptors (Lipinski definition) is 3. The first-order valence-corrected chi connectivity index (χ1v) is 9.40. The van der Waals surface area contributed by atoms with Gasteiger partial charge in [0.15, 0.2) is 0 Å². The fourth-order valence-corrected chi connectivity index (χ4v) is 4.21. The predicted octanol–water partition coefficient (Wildman–Crippen LogP) is 3.37. The van der Waals surface area contributed by atoms with E-state index in [2.05, 4.69) is 28.6 Å². The first kappa shape index (κ1) is 16.7. The van der Waals surface area contributed by atoms with E-state index in [4.69, 9.17) is 0 Å². The van der Waals surface area contributed by atoms with Crippen molar-refractivity contribution in [2.45, 2.75) is 19.3 Å². The van der Waals surface area contributed by atoms with E-state index in [1.807, 2.05) is 30.3 Å². The van der Waals surface area contributed by atoms with Crippen LogP contribution in [-0.4, -0.2) is 15.7 Å². The number of anilines is 1. The molecule has 0 fully saturated rings. The van der Waals surface area contributed by atoms with E-state index in [0.29, 0.717) is 11.1 Å². The minimum Gasteiger partial charge on any atom is -0.325 e. The molecule has 28 heavy (non-hydrogen) atoms. The van der Waals surface area contributed by atoms with Gasteiger partial charge in [-0.2, -0.15) is 5.10 Å². The minimum absolute atomic E-state index is 0.109. The average Bonchev–Trinajstić information content (AvgIpc) is 3.13. The molecule has 5 rings (SSSR count). The molecule has 1 amide bonds. The summed E-state index contributed by atoms with van der Waals surface area (Å²) in [4.78, 5) is 25.1. The van der Waals surface area contributed by atoms with Crippen molar-refractivity contribution in [1.82, 2.24) is 9.78 Å². The van der Waals surface area contributed by atoms with Crippen LogP contribution < -0.4 is 10.9 Å². The Morgan fingerprint density at radius 3 is 2.50 bits per heavy atom. The molecule has 0 atom stereocenters. The van der Waals surface area contributed by atoms with Gasteiger partial charge in [0, 0.05) is 23.5 Å². The van der Waals surface area contributed by atoms with Gasteiger partial charge in [-0.3, -0.25) is 9.59 Å². The minimum atomic E-state index is -0.160. The van der Waals surface area contributed by atoms with Crippen molar-refractivity contribution < 1.29 is 4.79 Å². The number of amides is 1. The molecule has 138 valence electrons. The number of hydrogen-bond donors (Lipinski definition) is 1. The number of rotatable bonds is 3. The van der Waals surface area contributed by atoms with Gasteiger partial charge in [0.25, 0.3) is 5.56 Å². The van der Waals surface area contributed by atoms with Gasteiger partial charge in [-0.15, -0.1) is 0 Å². The van der Waals surface area contributed by atoms with Gasteiger partial charge < -0.3 is 5.32 Å². The Hall–Kier alpha value is -3.47. The molecular weight excluding hydrogens is 350 g/mol. The smallest absolute Gasteiger partial charge is 0.274 e. The molecule has 0 radical (unpaired) electrons. The fraction of sp³-hybridized carbons (Fsp3) is 0.174. The van der Waals surface area contributed by atoms with Crippen LogP contribution in [0.3, 0.4) is 0 Å². The molecule has 1 aliphatic rings. The highest BCUT2D eigenvalue weighted by Crippen LogP contribution is 2.35. The maximum atomic E-state index is 12.8. The molecule has 1 aliphatic carbocycles. The summed E-state index contributed by atoms with van der Waals surface area (Å²) >= 11 is 0. The van der Waals surface area contributed by atoms with Crippen LogP contribution in [0.4, 0.5) is 5.69 Å². The van der Waals surface area contributed by atoms with Crippen molar-refractivity contribution in [1.29, 1.82) is 0 Å². The lowest BCUT2D eigenvalue weighted by Gasteiger charge is -2.12. The number of carbonyl (C=O) groups excluding carboxylic acids is 1. The lowest BCUT2D eigenvalue weighted by atomic mass is 10.0. The van der Waals surface area contributed by atoms with E-state index in [1.165, 1.54) is 21.2 Å². The summed E-state index contributed by atoms with van der Waals surface area (Å²) < 4.78 is 1.30. The van der Waals surface area contributed by atoms with Crippen LogP contribution >= 0.6 is 0 Å². The van der Waals surface area contributed by atoms with Crippen LogP contribution in [-0.2, 0) is 31.1 Å². The Morgan fingerprint density at radius 2 is 1.68 bits per heavy atom. The number of benzene rings is 3. The van der Waals surface area contributed by atoms with Crippen LogP contribution in [0.2, 0.25) is 0 Å². The molecule has 0 bridgehead atoms. The molecular formula is C23H19N3O2. The van der Waals surface area contributed by atoms with Crippen LogP contribution in [0.1, 0.15) is 16.8 Å². The van der Waals surface area contributed by atoms with Gasteiger partial charge in [-0.25, -0.2) is 4.68 Å². The Morgan fingerprint density at radius 1 is 0.964 bits per heavy atom. The first-order valence-electron chi connectivity index (χ1n) is 9.40. The van der Waals surface area contributed by atoms with Crippen molar-refractivity contribution >= 4 is 33.1 Å². The molecule has 0 saturated carbocycles. The normalized spacial score (nSPS) is 12.6. The maximum absolute atomic E-state index is 12.8. The lowest BCUT2D eigenvalue weighted by molar-refractivity contribution is -0.115. The zero-order valence-electron chi connectivity index (χ0n) is 15.5. The molecule has 0 saturated heterocycles. The predicted molar refractivity (Wildman–Crippen MR) is 111 cm³/mol. The summed E-state index contributed by atoms with van der Waals surface area (Å²) in [6.45, 7) is 0. The zero-order valence-corrected chi connectivity index (χ0v) is 15.5. The third kappa shape index (κ3) is 2.59. The summed E-state index contributed by atoms with van der Waals surface area (Å²) in [6, 6.07) is 17.6. The number of carbonyl (C=O) groups is 1. The average molecular weight is 369 g/mol. The Kier molecular flexibility index (Phi) is 3.76. The van der Waals surface area contributed by atoms with E-state index in [9.17, 15) is 9.59 Å². The van der Waals surface area contributed by atoms with Crippen molar-refractivity contribution in [3.63, 3.8) is 0 Å². The summed E-state index contributed by atoms with van der Waals surface area (Å²) in [5, 5.41) is 11.0. The monoisotopic (exact) mass is 369 g/mol. The lowest BCUT2D eigenvalue weighted by Crippen LogP contribution is -2.24. The van der Waals surface area contributed by atoms with Crippen LogP contribution in [0.5, 0.6) is 0 Å². The summed E-state index contributed by atoms with van der Waals surface area (Å²) in [5.74, 6) is -0.144. The Balaban J connectivity index is 1.50. The molecule has 1 heterocycles. The molecule has 5 nitrogen and oxygen atoms in total. The number of aromatic nitrogens is 2. The van der Waals surface area contributed by atoms with Gasteiger partial charge >= 0.3 is 0 Å². The number of fused-ring (bicyclic) bond motifs is 1. The topological polar surface area (TPSA) is 64.0 Å². The van der Waals surface area contributed by atoms with Gasteiger partial charge in [-0.1, -0.05) is 42.5 Å². The molecule has 3 aromatic carbocycles. The van der Waals surface area contributed by atoms with E-state index >= 15 is 0 Å². The summed E-state index contributed by atoms with van der Waals surface area (Å²) in [6.07, 6.45) is 2.22. The van der Waals surface area contributed by atoms with Crippen molar-refractivity contribution in [2.24, 2.45) is 7.05 Å². The Bertz CT molecular complexity index is 1310. The molecule has 1 aromatic heterocycles. The first-order chi connectivity index (χ1) is 13.6. The van der Waals surface area contributed by atoms with Gasteiger partial charge in [0.05, 0.1) is 17.5 Å². The van der Waals surface area contributed by atoms with Crippen LogP contribution in [0, 0.1) is 0 Å². The van der Waals surface area contributed by atoms with Gasteiger partial charge in [0.2, 0.25) is 5.91 Å². The standard InChI is InChI=1S/C23H19N3O2/c1-26-23(28)17-7-3-2-6-16(17)20(25-26)13-21(27)24-19-12-11-15-10-9-14-5-4-8-18(19)22(14)15/h2-8,11-12H,9-10,13H2,1H3,(H,24,27). The maximum Gasteiger partial charge on any atom is 0.274 e. The zero-order chi connectivity index (χ0) is 19.3. The molecule has 0 unspecified atom stereocenters. The second kappa shape index (κ2) is 6.30. The summed E-state index contributed by atoms with van der Waals surface area (Å²) in [5.41, 5.74) is 3.94. The van der Waals surface area contributed by atoms with Crippen molar-refractivity contribution in [3.05, 3.63) is 81.8 Å². The van der Waals surface area contributed by atoms with Crippen molar-refractivity contribution in [2.75, 3.05) is 5.32 Å². The van der Waals surface area contributed by atoms with E-state index in [1.54, 1.807) is 13.1 Å². The van der Waals surface area contributed by atoms with Gasteiger partial charge in [0.1, 0.15) is 0 Å². The highest BCUT2D eigenvalue weighted by atomic mass is 16.1. The van der Waals surface area contributed by atoms with E-state index in [0.717, 1.165) is 29.3 Å². The second-order valence-electron chi connectivity index (χ2n) is 7.26. The number of aryl methyl sites for hydroxylation is 3. The highest BCUT2D eigenvalue weighted by Gasteiger charge is 2.17. The molecule has 5 heteroatoms.